The molecule has 0 aliphatic carbocycles. The van der Waals surface area contributed by atoms with Gasteiger partial charge in [-0.2, -0.15) is 5.10 Å². The monoisotopic (exact) mass is 281 g/mol. The maximum atomic E-state index is 12.0. The average Bonchev–Trinajstić information content (AvgIpc) is 2.38. The molecule has 1 amide bonds. The van der Waals surface area contributed by atoms with E-state index in [-0.39, 0.29) is 17.9 Å². The standard InChI is InChI=1S/C13H19N3O4/c1-7(4-5-10(17)18)6-14-12(19)11-8(2)9(3)15-16-13(11)20/h7H,4-6H2,1-3H3,(H,14,19)(H,16,20)(H,17,18). The van der Waals surface area contributed by atoms with Crippen molar-refractivity contribution in [2.75, 3.05) is 6.54 Å². The van der Waals surface area contributed by atoms with Gasteiger partial charge < -0.3 is 10.4 Å². The van der Waals surface area contributed by atoms with Gasteiger partial charge in [-0.1, -0.05) is 6.92 Å². The SMILES string of the molecule is Cc1n[nH]c(=O)c(C(=O)NCC(C)CCC(=O)O)c1C. The van der Waals surface area contributed by atoms with E-state index in [0.29, 0.717) is 24.2 Å². The van der Waals surface area contributed by atoms with Crippen molar-refractivity contribution < 1.29 is 14.7 Å². The minimum atomic E-state index is -0.861. The van der Waals surface area contributed by atoms with Crippen LogP contribution in [0.4, 0.5) is 0 Å². The molecule has 110 valence electrons. The summed E-state index contributed by atoms with van der Waals surface area (Å²) in [5.41, 5.74) is 0.671. The second-order valence-electron chi connectivity index (χ2n) is 4.89. The van der Waals surface area contributed by atoms with Crippen molar-refractivity contribution in [3.63, 3.8) is 0 Å². The zero-order valence-corrected chi connectivity index (χ0v) is 11.8. The molecule has 0 aliphatic rings. The van der Waals surface area contributed by atoms with E-state index in [1.165, 1.54) is 0 Å². The molecule has 0 aliphatic heterocycles. The molecule has 1 rings (SSSR count). The predicted molar refractivity (Wildman–Crippen MR) is 72.7 cm³/mol. The maximum absolute atomic E-state index is 12.0. The minimum Gasteiger partial charge on any atom is -0.481 e. The molecule has 1 atom stereocenters. The summed E-state index contributed by atoms with van der Waals surface area (Å²) in [4.78, 5) is 34.1. The molecule has 20 heavy (non-hydrogen) atoms. The van der Waals surface area contributed by atoms with Crippen LogP contribution in [0.3, 0.4) is 0 Å². The first-order valence-corrected chi connectivity index (χ1v) is 6.38. The molecule has 0 aromatic carbocycles. The summed E-state index contributed by atoms with van der Waals surface area (Å²) in [6.45, 7) is 5.54. The van der Waals surface area contributed by atoms with Crippen LogP contribution in [0.5, 0.6) is 0 Å². The summed E-state index contributed by atoms with van der Waals surface area (Å²) in [7, 11) is 0. The van der Waals surface area contributed by atoms with Gasteiger partial charge in [-0.15, -0.1) is 0 Å². The van der Waals surface area contributed by atoms with Gasteiger partial charge in [-0.05, 0) is 31.7 Å². The number of aromatic amines is 1. The molecule has 0 fully saturated rings. The number of aryl methyl sites for hydroxylation is 1. The second kappa shape index (κ2) is 6.83. The fraction of sp³-hybridized carbons (Fsp3) is 0.538. The molecule has 0 saturated heterocycles. The van der Waals surface area contributed by atoms with Crippen LogP contribution >= 0.6 is 0 Å². The molecular weight excluding hydrogens is 262 g/mol. The Labute approximate surface area is 116 Å². The lowest BCUT2D eigenvalue weighted by Gasteiger charge is -2.12. The Morgan fingerprint density at radius 1 is 1.40 bits per heavy atom. The van der Waals surface area contributed by atoms with E-state index in [9.17, 15) is 14.4 Å². The van der Waals surface area contributed by atoms with Crippen LogP contribution in [0.25, 0.3) is 0 Å². The van der Waals surface area contributed by atoms with Crippen LogP contribution in [0, 0.1) is 19.8 Å². The summed E-state index contributed by atoms with van der Waals surface area (Å²) in [6, 6.07) is 0. The molecule has 0 radical (unpaired) electrons. The number of nitrogens with zero attached hydrogens (tertiary/aromatic N) is 1. The Balaban J connectivity index is 2.66. The summed E-state index contributed by atoms with van der Waals surface area (Å²) in [5.74, 6) is -1.30. The van der Waals surface area contributed by atoms with Gasteiger partial charge in [0.05, 0.1) is 5.69 Å². The highest BCUT2D eigenvalue weighted by atomic mass is 16.4. The molecule has 0 bridgehead atoms. The number of carbonyl (C=O) groups excluding carboxylic acids is 1. The molecule has 0 spiro atoms. The van der Waals surface area contributed by atoms with Crippen molar-refractivity contribution >= 4 is 11.9 Å². The Bertz CT molecular complexity index is 565. The predicted octanol–water partition coefficient (Wildman–Crippen LogP) is 0.617. The van der Waals surface area contributed by atoms with Crippen molar-refractivity contribution in [1.82, 2.24) is 15.5 Å². The third-order valence-electron chi connectivity index (χ3n) is 3.16. The number of carbonyl (C=O) groups is 2. The number of carboxylic acids is 1. The number of nitrogens with one attached hydrogen (secondary N) is 2. The second-order valence-corrected chi connectivity index (χ2v) is 4.89. The van der Waals surface area contributed by atoms with E-state index >= 15 is 0 Å². The molecule has 1 aromatic rings. The molecule has 7 nitrogen and oxygen atoms in total. The number of hydrogen-bond donors (Lipinski definition) is 3. The smallest absolute Gasteiger partial charge is 0.303 e. The van der Waals surface area contributed by atoms with Crippen molar-refractivity contribution in [3.8, 4) is 0 Å². The van der Waals surface area contributed by atoms with Crippen LogP contribution < -0.4 is 10.9 Å². The first-order chi connectivity index (χ1) is 9.32. The molecule has 1 unspecified atom stereocenters. The lowest BCUT2D eigenvalue weighted by molar-refractivity contribution is -0.137. The Hall–Kier alpha value is -2.18. The number of hydrogen-bond acceptors (Lipinski definition) is 4. The first kappa shape index (κ1) is 15.9. The lowest BCUT2D eigenvalue weighted by atomic mass is 10.1. The molecule has 1 aromatic heterocycles. The molecule has 7 heteroatoms. The van der Waals surface area contributed by atoms with Crippen molar-refractivity contribution in [3.05, 3.63) is 27.2 Å². The Morgan fingerprint density at radius 2 is 2.05 bits per heavy atom. The third kappa shape index (κ3) is 4.18. The van der Waals surface area contributed by atoms with Gasteiger partial charge in [0.25, 0.3) is 11.5 Å². The lowest BCUT2D eigenvalue weighted by Crippen LogP contribution is -2.34. The number of aromatic nitrogens is 2. The van der Waals surface area contributed by atoms with Gasteiger partial charge in [-0.25, -0.2) is 5.10 Å². The summed E-state index contributed by atoms with van der Waals surface area (Å²) in [6.07, 6.45) is 0.533. The fourth-order valence-electron chi connectivity index (χ4n) is 1.73. The van der Waals surface area contributed by atoms with Crippen LogP contribution in [-0.4, -0.2) is 33.7 Å². The fourth-order valence-corrected chi connectivity index (χ4v) is 1.73. The molecular formula is C13H19N3O4. The Kier molecular flexibility index (Phi) is 5.42. The summed E-state index contributed by atoms with van der Waals surface area (Å²) in [5, 5.41) is 17.3. The highest BCUT2D eigenvalue weighted by molar-refractivity contribution is 5.95. The molecule has 0 saturated carbocycles. The van der Waals surface area contributed by atoms with Crippen LogP contribution in [0.2, 0.25) is 0 Å². The number of rotatable bonds is 6. The van der Waals surface area contributed by atoms with Crippen LogP contribution in [-0.2, 0) is 4.79 Å². The average molecular weight is 281 g/mol. The van der Waals surface area contributed by atoms with Crippen LogP contribution in [0.1, 0.15) is 41.4 Å². The van der Waals surface area contributed by atoms with E-state index < -0.39 is 17.4 Å². The van der Waals surface area contributed by atoms with Crippen molar-refractivity contribution in [1.29, 1.82) is 0 Å². The highest BCUT2D eigenvalue weighted by Crippen LogP contribution is 2.07. The molecule has 3 N–H and O–H groups in total. The number of carboxylic acid groups (broad SMARTS) is 1. The minimum absolute atomic E-state index is 0.0253. The number of aliphatic carboxylic acids is 1. The van der Waals surface area contributed by atoms with Gasteiger partial charge in [0.15, 0.2) is 0 Å². The van der Waals surface area contributed by atoms with E-state index in [1.54, 1.807) is 13.8 Å². The maximum Gasteiger partial charge on any atom is 0.303 e. The van der Waals surface area contributed by atoms with Gasteiger partial charge in [0.2, 0.25) is 0 Å². The van der Waals surface area contributed by atoms with E-state index in [2.05, 4.69) is 15.5 Å². The van der Waals surface area contributed by atoms with Gasteiger partial charge in [0.1, 0.15) is 5.56 Å². The van der Waals surface area contributed by atoms with E-state index in [4.69, 9.17) is 5.11 Å². The number of amides is 1. The highest BCUT2D eigenvalue weighted by Gasteiger charge is 2.16. The molecule has 1 heterocycles. The largest absolute Gasteiger partial charge is 0.481 e. The van der Waals surface area contributed by atoms with Gasteiger partial charge in [0, 0.05) is 13.0 Å². The van der Waals surface area contributed by atoms with Gasteiger partial charge >= 0.3 is 5.97 Å². The first-order valence-electron chi connectivity index (χ1n) is 6.38. The zero-order chi connectivity index (χ0) is 15.3. The summed E-state index contributed by atoms with van der Waals surface area (Å²) >= 11 is 0. The topological polar surface area (TPSA) is 112 Å². The Morgan fingerprint density at radius 3 is 2.65 bits per heavy atom. The van der Waals surface area contributed by atoms with E-state index in [1.807, 2.05) is 6.92 Å². The normalized spacial score (nSPS) is 11.9. The summed E-state index contributed by atoms with van der Waals surface area (Å²) < 4.78 is 0. The van der Waals surface area contributed by atoms with E-state index in [0.717, 1.165) is 0 Å². The number of H-pyrrole nitrogens is 1. The van der Waals surface area contributed by atoms with Crippen LogP contribution in [0.15, 0.2) is 4.79 Å². The van der Waals surface area contributed by atoms with Gasteiger partial charge in [-0.3, -0.25) is 14.4 Å². The third-order valence-corrected chi connectivity index (χ3v) is 3.16. The zero-order valence-electron chi connectivity index (χ0n) is 11.8. The quantitative estimate of drug-likeness (QED) is 0.707. The van der Waals surface area contributed by atoms with Crippen molar-refractivity contribution in [2.24, 2.45) is 5.92 Å². The van der Waals surface area contributed by atoms with Crippen molar-refractivity contribution in [2.45, 2.75) is 33.6 Å².